The zero-order valence-corrected chi connectivity index (χ0v) is 12.5. The van der Waals surface area contributed by atoms with E-state index >= 15 is 0 Å². The van der Waals surface area contributed by atoms with E-state index in [-0.39, 0.29) is 5.92 Å². The number of anilines is 1. The van der Waals surface area contributed by atoms with Crippen LogP contribution in [0.3, 0.4) is 0 Å². The molecule has 1 saturated heterocycles. The number of para-hydroxylation sites is 1. The van der Waals surface area contributed by atoms with Crippen molar-refractivity contribution >= 4 is 11.5 Å². The first-order chi connectivity index (χ1) is 9.77. The van der Waals surface area contributed by atoms with Gasteiger partial charge in [-0.15, -0.1) is 0 Å². The quantitative estimate of drug-likeness (QED) is 0.770. The van der Waals surface area contributed by atoms with Gasteiger partial charge in [0.1, 0.15) is 5.78 Å². The molecule has 0 radical (unpaired) electrons. The summed E-state index contributed by atoms with van der Waals surface area (Å²) in [7, 11) is 0. The first-order valence-corrected chi connectivity index (χ1v) is 8.12. The smallest absolute Gasteiger partial charge is 0.135 e. The summed E-state index contributed by atoms with van der Waals surface area (Å²) in [5, 5.41) is 0. The van der Waals surface area contributed by atoms with Crippen LogP contribution in [0.25, 0.3) is 0 Å². The van der Waals surface area contributed by atoms with Crippen LogP contribution < -0.4 is 4.90 Å². The molecule has 2 unspecified atom stereocenters. The van der Waals surface area contributed by atoms with Crippen LogP contribution in [0.15, 0.2) is 24.3 Å². The molecule has 2 aliphatic rings. The largest absolute Gasteiger partial charge is 0.368 e. The molecule has 2 atom stereocenters. The predicted octanol–water partition coefficient (Wildman–Crippen LogP) is 3.98. The van der Waals surface area contributed by atoms with Crippen molar-refractivity contribution in [2.45, 2.75) is 57.9 Å². The Morgan fingerprint density at radius 1 is 1.10 bits per heavy atom. The van der Waals surface area contributed by atoms with Gasteiger partial charge in [0.15, 0.2) is 0 Å². The number of nitrogens with zero attached hydrogens (tertiary/aromatic N) is 1. The van der Waals surface area contributed by atoms with Gasteiger partial charge in [-0.2, -0.15) is 0 Å². The summed E-state index contributed by atoms with van der Waals surface area (Å²) < 4.78 is 0. The van der Waals surface area contributed by atoms with E-state index in [1.807, 2.05) is 0 Å². The Balaban J connectivity index is 1.97. The van der Waals surface area contributed by atoms with E-state index in [2.05, 4.69) is 29.2 Å². The minimum atomic E-state index is 0.197. The van der Waals surface area contributed by atoms with Gasteiger partial charge in [0.25, 0.3) is 0 Å². The lowest BCUT2D eigenvalue weighted by Crippen LogP contribution is -2.48. The van der Waals surface area contributed by atoms with Gasteiger partial charge in [-0.25, -0.2) is 0 Å². The van der Waals surface area contributed by atoms with Crippen LogP contribution in [0.2, 0.25) is 0 Å². The monoisotopic (exact) mass is 271 g/mol. The molecule has 0 saturated carbocycles. The predicted molar refractivity (Wildman–Crippen MR) is 83.2 cm³/mol. The number of carbonyl (C=O) groups is 1. The molecule has 1 fully saturated rings. The third-order valence-corrected chi connectivity index (χ3v) is 5.03. The highest BCUT2D eigenvalue weighted by atomic mass is 16.1. The van der Waals surface area contributed by atoms with E-state index in [0.29, 0.717) is 11.8 Å². The second-order valence-corrected chi connectivity index (χ2v) is 6.37. The molecule has 0 spiro atoms. The number of Topliss-reactive ketones (excluding diaryl/α,β-unsaturated/α-hetero) is 1. The van der Waals surface area contributed by atoms with Crippen molar-refractivity contribution in [3.8, 4) is 0 Å². The summed E-state index contributed by atoms with van der Waals surface area (Å²) in [6.07, 6.45) is 8.66. The van der Waals surface area contributed by atoms with E-state index < -0.39 is 0 Å². The summed E-state index contributed by atoms with van der Waals surface area (Å²) in [6, 6.07) is 9.12. The van der Waals surface area contributed by atoms with Crippen molar-refractivity contribution < 1.29 is 4.79 Å². The van der Waals surface area contributed by atoms with Crippen LogP contribution in [-0.2, 0) is 11.2 Å². The van der Waals surface area contributed by atoms with Gasteiger partial charge in [0.05, 0.1) is 0 Å². The number of ketones is 1. The Morgan fingerprint density at radius 2 is 1.85 bits per heavy atom. The summed E-state index contributed by atoms with van der Waals surface area (Å²) in [4.78, 5) is 14.7. The summed E-state index contributed by atoms with van der Waals surface area (Å²) >= 11 is 0. The highest BCUT2D eigenvalue weighted by Crippen LogP contribution is 2.37. The lowest BCUT2D eigenvalue weighted by molar-refractivity contribution is -0.121. The maximum Gasteiger partial charge on any atom is 0.135 e. The minimum absolute atomic E-state index is 0.197. The Hall–Kier alpha value is -1.31. The van der Waals surface area contributed by atoms with Crippen molar-refractivity contribution in [1.29, 1.82) is 0 Å². The first-order valence-electron chi connectivity index (χ1n) is 8.12. The standard InChI is InChI=1S/C18H25NO/c1-14(20)16-13-15-9-6-7-10-17(15)19-12-8-4-2-3-5-11-18(16)19/h6-7,9-10,16,18H,2-5,8,11-13H2,1H3. The van der Waals surface area contributed by atoms with Gasteiger partial charge < -0.3 is 4.90 Å². The van der Waals surface area contributed by atoms with Gasteiger partial charge in [-0.05, 0) is 37.8 Å². The number of hydrogen-bond acceptors (Lipinski definition) is 2. The number of carbonyl (C=O) groups excluding carboxylic acids is 1. The molecule has 0 aromatic heterocycles. The van der Waals surface area contributed by atoms with Crippen LogP contribution in [0.1, 0.15) is 51.0 Å². The molecule has 108 valence electrons. The van der Waals surface area contributed by atoms with Crippen LogP contribution in [-0.4, -0.2) is 18.4 Å². The number of hydrogen-bond donors (Lipinski definition) is 0. The topological polar surface area (TPSA) is 20.3 Å². The van der Waals surface area contributed by atoms with Gasteiger partial charge in [0.2, 0.25) is 0 Å². The Labute approximate surface area is 122 Å². The van der Waals surface area contributed by atoms with Gasteiger partial charge in [-0.3, -0.25) is 4.79 Å². The van der Waals surface area contributed by atoms with Crippen LogP contribution in [0.4, 0.5) is 5.69 Å². The van der Waals surface area contributed by atoms with E-state index in [1.54, 1.807) is 6.92 Å². The average molecular weight is 271 g/mol. The first kappa shape index (κ1) is 13.7. The lowest BCUT2D eigenvalue weighted by atomic mass is 9.81. The highest BCUT2D eigenvalue weighted by Gasteiger charge is 2.36. The third-order valence-electron chi connectivity index (χ3n) is 5.03. The average Bonchev–Trinajstić information content (AvgIpc) is 2.58. The fraction of sp³-hybridized carbons (Fsp3) is 0.611. The third kappa shape index (κ3) is 2.61. The Morgan fingerprint density at radius 3 is 2.70 bits per heavy atom. The summed E-state index contributed by atoms with van der Waals surface area (Å²) in [5.41, 5.74) is 2.75. The molecular weight excluding hydrogens is 246 g/mol. The van der Waals surface area contributed by atoms with E-state index in [9.17, 15) is 4.79 Å². The molecule has 1 aromatic rings. The van der Waals surface area contributed by atoms with E-state index in [1.165, 1.54) is 49.8 Å². The molecule has 0 N–H and O–H groups in total. The fourth-order valence-electron chi connectivity index (χ4n) is 3.96. The van der Waals surface area contributed by atoms with E-state index in [0.717, 1.165) is 13.0 Å². The number of rotatable bonds is 1. The molecule has 0 bridgehead atoms. The zero-order chi connectivity index (χ0) is 13.9. The lowest BCUT2D eigenvalue weighted by Gasteiger charge is -2.43. The Kier molecular flexibility index (Phi) is 4.09. The maximum absolute atomic E-state index is 12.1. The Bertz CT molecular complexity index is 482. The molecule has 3 rings (SSSR count). The molecule has 2 heterocycles. The molecule has 20 heavy (non-hydrogen) atoms. The number of fused-ring (bicyclic) bond motifs is 3. The molecule has 2 aliphatic heterocycles. The van der Waals surface area contributed by atoms with Crippen molar-refractivity contribution in [3.05, 3.63) is 29.8 Å². The second-order valence-electron chi connectivity index (χ2n) is 6.37. The van der Waals surface area contributed by atoms with Crippen LogP contribution >= 0.6 is 0 Å². The molecule has 0 amide bonds. The van der Waals surface area contributed by atoms with Crippen molar-refractivity contribution in [2.75, 3.05) is 11.4 Å². The molecule has 2 heteroatoms. The second kappa shape index (κ2) is 5.99. The van der Waals surface area contributed by atoms with Crippen molar-refractivity contribution in [3.63, 3.8) is 0 Å². The van der Waals surface area contributed by atoms with Crippen LogP contribution in [0, 0.1) is 5.92 Å². The normalized spacial score (nSPS) is 26.8. The maximum atomic E-state index is 12.1. The van der Waals surface area contributed by atoms with Crippen molar-refractivity contribution in [1.82, 2.24) is 0 Å². The zero-order valence-electron chi connectivity index (χ0n) is 12.5. The molecule has 0 aliphatic carbocycles. The summed E-state index contributed by atoms with van der Waals surface area (Å²) in [5.74, 6) is 0.566. The highest BCUT2D eigenvalue weighted by molar-refractivity contribution is 5.81. The number of benzene rings is 1. The van der Waals surface area contributed by atoms with Crippen LogP contribution in [0.5, 0.6) is 0 Å². The van der Waals surface area contributed by atoms with Gasteiger partial charge in [-0.1, -0.05) is 43.9 Å². The SMILES string of the molecule is CC(=O)C1Cc2ccccc2N2CCCCCCCC12. The van der Waals surface area contributed by atoms with E-state index in [4.69, 9.17) is 0 Å². The van der Waals surface area contributed by atoms with Gasteiger partial charge in [0, 0.05) is 24.2 Å². The summed E-state index contributed by atoms with van der Waals surface area (Å²) in [6.45, 7) is 2.90. The fourth-order valence-corrected chi connectivity index (χ4v) is 3.96. The van der Waals surface area contributed by atoms with Gasteiger partial charge >= 0.3 is 0 Å². The van der Waals surface area contributed by atoms with Crippen molar-refractivity contribution in [2.24, 2.45) is 5.92 Å². The molecule has 2 nitrogen and oxygen atoms in total. The minimum Gasteiger partial charge on any atom is -0.368 e. The molecular formula is C18H25NO. The molecule has 1 aromatic carbocycles.